The zero-order valence-corrected chi connectivity index (χ0v) is 8.87. The summed E-state index contributed by atoms with van der Waals surface area (Å²) >= 11 is 3.16. The molecule has 1 heterocycles. The smallest absolute Gasteiger partial charge is 0.340 e. The predicted octanol–water partition coefficient (Wildman–Crippen LogP) is 1.96. The number of hydrogen-bond acceptors (Lipinski definition) is 4. The molecule has 5 heteroatoms. The molecular formula is C9H7BrO4. The number of rotatable bonds is 1. The average Bonchev–Trinajstić information content (AvgIpc) is 2.41. The van der Waals surface area contributed by atoms with Crippen LogP contribution in [0, 0.1) is 0 Å². The van der Waals surface area contributed by atoms with Crippen LogP contribution < -0.4 is 4.74 Å². The molecule has 14 heavy (non-hydrogen) atoms. The predicted molar refractivity (Wildman–Crippen MR) is 51.7 cm³/mol. The largest absolute Gasteiger partial charge is 0.504 e. The highest BCUT2D eigenvalue weighted by Gasteiger charge is 2.30. The van der Waals surface area contributed by atoms with E-state index in [-0.39, 0.29) is 11.5 Å². The molecular weight excluding hydrogens is 252 g/mol. The fourth-order valence-corrected chi connectivity index (χ4v) is 1.88. The fraction of sp³-hybridized carbons (Fsp3) is 0.222. The van der Waals surface area contributed by atoms with E-state index in [1.54, 1.807) is 0 Å². The van der Waals surface area contributed by atoms with Crippen molar-refractivity contribution in [2.24, 2.45) is 0 Å². The first kappa shape index (κ1) is 9.33. The lowest BCUT2D eigenvalue weighted by molar-refractivity contribution is 0.0530. The Balaban J connectivity index is 2.60. The van der Waals surface area contributed by atoms with Crippen molar-refractivity contribution in [1.82, 2.24) is 0 Å². The lowest BCUT2D eigenvalue weighted by Gasteiger charge is -2.05. The van der Waals surface area contributed by atoms with Crippen molar-refractivity contribution in [2.45, 2.75) is 5.01 Å². The summed E-state index contributed by atoms with van der Waals surface area (Å²) in [6, 6.07) is 2.92. The number of esters is 1. The number of hydrogen-bond donors (Lipinski definition) is 1. The summed E-state index contributed by atoms with van der Waals surface area (Å²) in [5.41, 5.74) is 1.04. The van der Waals surface area contributed by atoms with Gasteiger partial charge in [-0.3, -0.25) is 0 Å². The third-order valence-electron chi connectivity index (χ3n) is 2.03. The van der Waals surface area contributed by atoms with Crippen LogP contribution in [0.1, 0.15) is 20.9 Å². The maximum atomic E-state index is 11.3. The highest BCUT2D eigenvalue weighted by atomic mass is 79.9. The van der Waals surface area contributed by atoms with E-state index in [4.69, 9.17) is 9.47 Å². The number of carbonyl (C=O) groups is 1. The van der Waals surface area contributed by atoms with E-state index in [0.29, 0.717) is 11.1 Å². The van der Waals surface area contributed by atoms with E-state index in [2.05, 4.69) is 15.9 Å². The van der Waals surface area contributed by atoms with E-state index in [1.807, 2.05) is 0 Å². The molecule has 2 rings (SSSR count). The third kappa shape index (κ3) is 1.24. The molecule has 0 amide bonds. The number of phenolic OH excluding ortho intramolecular Hbond substituents is 1. The average molecular weight is 259 g/mol. The minimum absolute atomic E-state index is 0.00556. The molecule has 1 aromatic carbocycles. The number of methoxy groups -OCH3 is 1. The van der Waals surface area contributed by atoms with Crippen LogP contribution in [0.25, 0.3) is 0 Å². The van der Waals surface area contributed by atoms with Gasteiger partial charge in [0.05, 0.1) is 12.7 Å². The Morgan fingerprint density at radius 2 is 2.29 bits per heavy atom. The summed E-state index contributed by atoms with van der Waals surface area (Å²) in [6.45, 7) is 0. The van der Waals surface area contributed by atoms with Gasteiger partial charge in [0.2, 0.25) is 0 Å². The van der Waals surface area contributed by atoms with Gasteiger partial charge in [0.25, 0.3) is 0 Å². The lowest BCUT2D eigenvalue weighted by Crippen LogP contribution is -1.94. The monoisotopic (exact) mass is 258 g/mol. The van der Waals surface area contributed by atoms with Crippen molar-refractivity contribution in [2.75, 3.05) is 7.11 Å². The van der Waals surface area contributed by atoms with Crippen LogP contribution >= 0.6 is 15.9 Å². The Morgan fingerprint density at radius 3 is 2.93 bits per heavy atom. The number of fused-ring (bicyclic) bond motifs is 1. The first-order valence-corrected chi connectivity index (χ1v) is 4.81. The molecule has 0 saturated heterocycles. The van der Waals surface area contributed by atoms with E-state index in [0.717, 1.165) is 0 Å². The van der Waals surface area contributed by atoms with Crippen molar-refractivity contribution in [3.8, 4) is 11.5 Å². The van der Waals surface area contributed by atoms with Gasteiger partial charge < -0.3 is 14.6 Å². The Labute approximate surface area is 88.6 Å². The number of phenols is 1. The Morgan fingerprint density at radius 1 is 1.57 bits per heavy atom. The highest BCUT2D eigenvalue weighted by molar-refractivity contribution is 9.09. The summed E-state index contributed by atoms with van der Waals surface area (Å²) in [5.74, 6) is -0.156. The molecule has 74 valence electrons. The second-order valence-electron chi connectivity index (χ2n) is 2.83. The Kier molecular flexibility index (Phi) is 2.11. The van der Waals surface area contributed by atoms with Gasteiger partial charge in [-0.1, -0.05) is 0 Å². The first-order chi connectivity index (χ1) is 6.63. The molecule has 0 bridgehead atoms. The number of halogens is 1. The molecule has 1 N–H and O–H groups in total. The SMILES string of the molecule is COc1cc2c(cc1O)C(Br)OC2=O. The van der Waals surface area contributed by atoms with Gasteiger partial charge in [0.1, 0.15) is 0 Å². The normalized spacial score (nSPS) is 19.0. The second-order valence-corrected chi connectivity index (χ2v) is 3.66. The Bertz CT molecular complexity index is 402. The maximum Gasteiger partial charge on any atom is 0.340 e. The molecule has 1 atom stereocenters. The van der Waals surface area contributed by atoms with Crippen molar-refractivity contribution >= 4 is 21.9 Å². The zero-order valence-electron chi connectivity index (χ0n) is 7.28. The summed E-state index contributed by atoms with van der Waals surface area (Å²) in [5, 5.41) is 8.98. The van der Waals surface area contributed by atoms with Gasteiger partial charge in [0.15, 0.2) is 16.5 Å². The maximum absolute atomic E-state index is 11.3. The molecule has 4 nitrogen and oxygen atoms in total. The molecule has 0 aromatic heterocycles. The van der Waals surface area contributed by atoms with E-state index in [9.17, 15) is 9.90 Å². The van der Waals surface area contributed by atoms with Crippen molar-refractivity contribution < 1.29 is 19.4 Å². The standard InChI is InChI=1S/C9H7BrO4/c1-13-7-3-5-4(2-6(7)11)8(10)14-9(5)12/h2-3,8,11H,1H3. The number of aromatic hydroxyl groups is 1. The van der Waals surface area contributed by atoms with E-state index in [1.165, 1.54) is 19.2 Å². The number of benzene rings is 1. The second kappa shape index (κ2) is 3.16. The minimum Gasteiger partial charge on any atom is -0.504 e. The molecule has 0 radical (unpaired) electrons. The summed E-state index contributed by atoms with van der Waals surface area (Å²) in [7, 11) is 1.42. The van der Waals surface area contributed by atoms with Crippen molar-refractivity contribution in [1.29, 1.82) is 0 Å². The number of cyclic esters (lactones) is 1. The quantitative estimate of drug-likeness (QED) is 0.618. The summed E-state index contributed by atoms with van der Waals surface area (Å²) in [6.07, 6.45) is 0. The summed E-state index contributed by atoms with van der Waals surface area (Å²) in [4.78, 5) is 11.3. The fourth-order valence-electron chi connectivity index (χ4n) is 1.33. The molecule has 1 aliphatic heterocycles. The molecule has 0 fully saturated rings. The minimum atomic E-state index is -0.484. The molecule has 1 unspecified atom stereocenters. The zero-order chi connectivity index (χ0) is 10.3. The van der Waals surface area contributed by atoms with E-state index < -0.39 is 11.0 Å². The topological polar surface area (TPSA) is 55.8 Å². The number of carbonyl (C=O) groups excluding carboxylic acids is 1. The van der Waals surface area contributed by atoms with Gasteiger partial charge in [-0.2, -0.15) is 0 Å². The molecule has 1 aromatic rings. The highest BCUT2D eigenvalue weighted by Crippen LogP contribution is 2.40. The van der Waals surface area contributed by atoms with Gasteiger partial charge in [0, 0.05) is 5.56 Å². The van der Waals surface area contributed by atoms with Gasteiger partial charge in [-0.15, -0.1) is 0 Å². The van der Waals surface area contributed by atoms with Gasteiger partial charge in [-0.05, 0) is 28.1 Å². The Hall–Kier alpha value is -1.23. The van der Waals surface area contributed by atoms with Gasteiger partial charge in [-0.25, -0.2) is 4.79 Å². The van der Waals surface area contributed by atoms with E-state index >= 15 is 0 Å². The molecule has 0 aliphatic carbocycles. The van der Waals surface area contributed by atoms with Crippen LogP contribution in [0.2, 0.25) is 0 Å². The molecule has 1 aliphatic rings. The first-order valence-electron chi connectivity index (χ1n) is 3.89. The number of alkyl halides is 1. The third-order valence-corrected chi connectivity index (χ3v) is 2.71. The van der Waals surface area contributed by atoms with Crippen LogP contribution in [0.15, 0.2) is 12.1 Å². The van der Waals surface area contributed by atoms with Crippen LogP contribution in [-0.2, 0) is 4.74 Å². The molecule has 0 saturated carbocycles. The number of ether oxygens (including phenoxy) is 2. The molecule has 0 spiro atoms. The van der Waals surface area contributed by atoms with Gasteiger partial charge >= 0.3 is 5.97 Å². The summed E-state index contributed by atoms with van der Waals surface area (Å²) < 4.78 is 9.78. The van der Waals surface area contributed by atoms with Crippen molar-refractivity contribution in [3.63, 3.8) is 0 Å². The van der Waals surface area contributed by atoms with Crippen molar-refractivity contribution in [3.05, 3.63) is 23.3 Å². The van der Waals surface area contributed by atoms with Crippen LogP contribution in [-0.4, -0.2) is 18.2 Å². The van der Waals surface area contributed by atoms with Crippen LogP contribution in [0.5, 0.6) is 11.5 Å². The van der Waals surface area contributed by atoms with Crippen LogP contribution in [0.3, 0.4) is 0 Å². The van der Waals surface area contributed by atoms with Crippen LogP contribution in [0.4, 0.5) is 0 Å². The lowest BCUT2D eigenvalue weighted by atomic mass is 10.1.